The first-order chi connectivity index (χ1) is 17.4. The van der Waals surface area contributed by atoms with Crippen LogP contribution in [0.15, 0.2) is 97.1 Å². The van der Waals surface area contributed by atoms with E-state index in [-0.39, 0.29) is 29.3 Å². The fraction of sp³-hybridized carbons (Fsp3) is 0.167. The first kappa shape index (κ1) is 23.6. The molecule has 0 aromatic heterocycles. The molecule has 0 saturated carbocycles. The molecule has 1 fully saturated rings. The van der Waals surface area contributed by atoms with Crippen LogP contribution in [0.4, 0.5) is 10.1 Å². The summed E-state index contributed by atoms with van der Waals surface area (Å²) in [5.74, 6) is -0.743. The van der Waals surface area contributed by atoms with Crippen molar-refractivity contribution < 1.29 is 24.5 Å². The third-order valence-electron chi connectivity index (χ3n) is 6.81. The maximum Gasteiger partial charge on any atom is 0.233 e. The number of carbonyl (C=O) groups is 1. The van der Waals surface area contributed by atoms with E-state index >= 15 is 0 Å². The monoisotopic (exact) mass is 483 g/mol. The van der Waals surface area contributed by atoms with Crippen LogP contribution in [0, 0.1) is 11.7 Å². The van der Waals surface area contributed by atoms with Gasteiger partial charge in [0.2, 0.25) is 5.91 Å². The van der Waals surface area contributed by atoms with Gasteiger partial charge in [-0.3, -0.25) is 4.79 Å². The maximum atomic E-state index is 13.3. The molecule has 0 aliphatic carbocycles. The minimum Gasteiger partial charge on any atom is -0.507 e. The number of hydrogen-bond donors (Lipinski definition) is 3. The number of nitrogens with zero attached hydrogens (tertiary/aromatic N) is 1. The molecule has 6 heteroatoms. The molecule has 0 radical (unpaired) electrons. The second-order valence-electron chi connectivity index (χ2n) is 9.03. The van der Waals surface area contributed by atoms with Gasteiger partial charge >= 0.3 is 0 Å². The number of anilines is 1. The highest BCUT2D eigenvalue weighted by molar-refractivity contribution is 6.03. The van der Waals surface area contributed by atoms with Crippen LogP contribution in [0.25, 0.3) is 11.1 Å². The Bertz CT molecular complexity index is 1370. The Morgan fingerprint density at radius 1 is 0.806 bits per heavy atom. The van der Waals surface area contributed by atoms with E-state index < -0.39 is 12.0 Å². The maximum absolute atomic E-state index is 13.3. The standard InChI is InChI=1S/C30H26FNO4/c31-21-13-10-19(11-14-21)26(33)17-16-25-29(32(30(25)36)22-6-2-1-3-7-22)20-12-15-24(28(35)18-20)23-8-4-5-9-27(23)34/h1-15,18,25-26,29,33-35H,16-17H2/t25-,26+,29-/m1/s1. The molecule has 3 N–H and O–H groups in total. The second kappa shape index (κ2) is 9.84. The fourth-order valence-electron chi connectivity index (χ4n) is 4.94. The van der Waals surface area contributed by atoms with Crippen molar-refractivity contribution in [1.29, 1.82) is 0 Å². The highest BCUT2D eigenvalue weighted by atomic mass is 19.1. The van der Waals surface area contributed by atoms with Gasteiger partial charge in [0.05, 0.1) is 18.1 Å². The van der Waals surface area contributed by atoms with Gasteiger partial charge in [-0.1, -0.05) is 60.7 Å². The van der Waals surface area contributed by atoms with Gasteiger partial charge in [-0.05, 0) is 60.4 Å². The van der Waals surface area contributed by atoms with Crippen molar-refractivity contribution in [1.82, 2.24) is 0 Å². The number of aliphatic hydroxyl groups excluding tert-OH is 1. The van der Waals surface area contributed by atoms with Gasteiger partial charge in [0.1, 0.15) is 17.3 Å². The number of para-hydroxylation sites is 2. The molecule has 3 atom stereocenters. The summed E-state index contributed by atoms with van der Waals surface area (Å²) in [6.45, 7) is 0. The minimum atomic E-state index is -0.818. The zero-order valence-corrected chi connectivity index (χ0v) is 19.5. The molecule has 0 bridgehead atoms. The van der Waals surface area contributed by atoms with Crippen LogP contribution in [-0.4, -0.2) is 21.2 Å². The molecular weight excluding hydrogens is 457 g/mol. The van der Waals surface area contributed by atoms with Crippen molar-refractivity contribution in [3.63, 3.8) is 0 Å². The zero-order chi connectivity index (χ0) is 25.2. The predicted molar refractivity (Wildman–Crippen MR) is 136 cm³/mol. The van der Waals surface area contributed by atoms with Gasteiger partial charge in [-0.2, -0.15) is 0 Å². The number of amides is 1. The van der Waals surface area contributed by atoms with Crippen molar-refractivity contribution in [2.45, 2.75) is 25.0 Å². The number of halogens is 1. The molecular formula is C30H26FNO4. The molecule has 1 aliphatic rings. The fourth-order valence-corrected chi connectivity index (χ4v) is 4.94. The normalized spacial score (nSPS) is 18.1. The van der Waals surface area contributed by atoms with Gasteiger partial charge in [0.25, 0.3) is 0 Å². The predicted octanol–water partition coefficient (Wildman–Crippen LogP) is 6.12. The van der Waals surface area contributed by atoms with E-state index in [9.17, 15) is 24.5 Å². The van der Waals surface area contributed by atoms with Crippen molar-refractivity contribution in [3.8, 4) is 22.6 Å². The summed E-state index contributed by atoms with van der Waals surface area (Å²) in [4.78, 5) is 15.0. The van der Waals surface area contributed by atoms with E-state index in [1.165, 1.54) is 12.1 Å². The molecule has 5 rings (SSSR count). The second-order valence-corrected chi connectivity index (χ2v) is 9.03. The smallest absolute Gasteiger partial charge is 0.233 e. The summed E-state index contributed by atoms with van der Waals surface area (Å²) in [5, 5.41) is 31.7. The third kappa shape index (κ3) is 4.43. The average molecular weight is 484 g/mol. The average Bonchev–Trinajstić information content (AvgIpc) is 2.88. The number of phenolic OH excluding ortho intramolecular Hbond substituents is 2. The Hall–Kier alpha value is -4.16. The number of aromatic hydroxyl groups is 2. The molecule has 1 amide bonds. The van der Waals surface area contributed by atoms with Gasteiger partial charge in [-0.15, -0.1) is 0 Å². The summed E-state index contributed by atoms with van der Waals surface area (Å²) < 4.78 is 13.2. The van der Waals surface area contributed by atoms with E-state index in [1.54, 1.807) is 53.4 Å². The first-order valence-corrected chi connectivity index (χ1v) is 11.9. The lowest BCUT2D eigenvalue weighted by Crippen LogP contribution is -2.55. The van der Waals surface area contributed by atoms with Crippen LogP contribution in [0.5, 0.6) is 11.5 Å². The minimum absolute atomic E-state index is 0.00598. The highest BCUT2D eigenvalue weighted by Gasteiger charge is 2.48. The number of benzene rings is 4. The largest absolute Gasteiger partial charge is 0.507 e. The van der Waals surface area contributed by atoms with E-state index in [0.29, 0.717) is 29.5 Å². The van der Waals surface area contributed by atoms with E-state index in [1.807, 2.05) is 36.4 Å². The number of aliphatic hydroxyl groups is 1. The van der Waals surface area contributed by atoms with Crippen LogP contribution >= 0.6 is 0 Å². The van der Waals surface area contributed by atoms with Gasteiger partial charge in [0, 0.05) is 16.8 Å². The number of phenols is 2. The van der Waals surface area contributed by atoms with E-state index in [2.05, 4.69) is 0 Å². The molecule has 5 nitrogen and oxygen atoms in total. The van der Waals surface area contributed by atoms with Crippen LogP contribution < -0.4 is 4.90 Å². The summed E-state index contributed by atoms with van der Waals surface area (Å²) in [6.07, 6.45) is -0.0575. The molecule has 1 heterocycles. The van der Waals surface area contributed by atoms with E-state index in [4.69, 9.17) is 0 Å². The summed E-state index contributed by atoms with van der Waals surface area (Å²) in [5.41, 5.74) is 3.13. The van der Waals surface area contributed by atoms with Crippen molar-refractivity contribution in [3.05, 3.63) is 114 Å². The number of rotatable bonds is 7. The lowest BCUT2D eigenvalue weighted by molar-refractivity contribution is -0.131. The number of carbonyl (C=O) groups excluding carboxylic acids is 1. The lowest BCUT2D eigenvalue weighted by Gasteiger charge is -2.48. The van der Waals surface area contributed by atoms with Crippen molar-refractivity contribution in [2.24, 2.45) is 5.92 Å². The molecule has 4 aromatic carbocycles. The Labute approximate surface area is 208 Å². The number of hydrogen-bond acceptors (Lipinski definition) is 4. The highest BCUT2D eigenvalue weighted by Crippen LogP contribution is 2.48. The molecule has 182 valence electrons. The van der Waals surface area contributed by atoms with Crippen LogP contribution in [-0.2, 0) is 4.79 Å². The third-order valence-corrected chi connectivity index (χ3v) is 6.81. The molecule has 1 saturated heterocycles. The Morgan fingerprint density at radius 2 is 1.47 bits per heavy atom. The molecule has 0 spiro atoms. The van der Waals surface area contributed by atoms with Crippen LogP contribution in [0.2, 0.25) is 0 Å². The Morgan fingerprint density at radius 3 is 2.17 bits per heavy atom. The van der Waals surface area contributed by atoms with Gasteiger partial charge in [0.15, 0.2) is 0 Å². The summed E-state index contributed by atoms with van der Waals surface area (Å²) in [6, 6.07) is 26.8. The summed E-state index contributed by atoms with van der Waals surface area (Å²) in [7, 11) is 0. The lowest BCUT2D eigenvalue weighted by atomic mass is 9.78. The van der Waals surface area contributed by atoms with Crippen LogP contribution in [0.1, 0.15) is 36.1 Å². The molecule has 36 heavy (non-hydrogen) atoms. The van der Waals surface area contributed by atoms with Crippen LogP contribution in [0.3, 0.4) is 0 Å². The summed E-state index contributed by atoms with van der Waals surface area (Å²) >= 11 is 0. The SMILES string of the molecule is O=C1[C@H](CC[C@H](O)c2ccc(F)cc2)[C@@H](c2ccc(-c3ccccc3O)c(O)c2)N1c1ccccc1. The number of β-lactam (4-membered cyclic amide) rings is 1. The zero-order valence-electron chi connectivity index (χ0n) is 19.5. The first-order valence-electron chi connectivity index (χ1n) is 11.9. The van der Waals surface area contributed by atoms with Gasteiger partial charge < -0.3 is 20.2 Å². The van der Waals surface area contributed by atoms with Crippen molar-refractivity contribution >= 4 is 11.6 Å². The van der Waals surface area contributed by atoms with E-state index in [0.717, 1.165) is 11.3 Å². The van der Waals surface area contributed by atoms with Gasteiger partial charge in [-0.25, -0.2) is 4.39 Å². The topological polar surface area (TPSA) is 81.0 Å². The molecule has 0 unspecified atom stereocenters. The Kier molecular flexibility index (Phi) is 6.44. The quantitative estimate of drug-likeness (QED) is 0.277. The molecule has 4 aromatic rings. The molecule has 1 aliphatic heterocycles. The van der Waals surface area contributed by atoms with Crippen molar-refractivity contribution in [2.75, 3.05) is 4.90 Å². The Balaban J connectivity index is 1.43.